The standard InChI is InChI=1S/C16H22N2O4S/c1-12-6-7-13-4-2-3-5-15(13)18(12)23(20,21)17-16(19)14-8-10-22-11-9-14/h2-5,12,14H,6-11H2,1H3,(H,17,19). The highest BCUT2D eigenvalue weighted by atomic mass is 32.2. The number of nitrogens with zero attached hydrogens (tertiary/aromatic N) is 1. The van der Waals surface area contributed by atoms with Crippen molar-refractivity contribution in [3.8, 4) is 0 Å². The van der Waals surface area contributed by atoms with Crippen LogP contribution in [-0.4, -0.2) is 33.6 Å². The molecule has 1 aromatic carbocycles. The summed E-state index contributed by atoms with van der Waals surface area (Å²) in [6.07, 6.45) is 2.71. The Morgan fingerprint density at radius 1 is 1.22 bits per heavy atom. The zero-order valence-corrected chi connectivity index (χ0v) is 14.0. The number of hydrogen-bond donors (Lipinski definition) is 1. The molecule has 2 aliphatic rings. The van der Waals surface area contributed by atoms with E-state index in [1.165, 1.54) is 4.31 Å². The minimum absolute atomic E-state index is 0.176. The van der Waals surface area contributed by atoms with Crippen LogP contribution in [0.1, 0.15) is 31.7 Å². The molecule has 0 aromatic heterocycles. The summed E-state index contributed by atoms with van der Waals surface area (Å²) in [5, 5.41) is 0. The number of amides is 1. The van der Waals surface area contributed by atoms with Crippen LogP contribution in [0.15, 0.2) is 24.3 Å². The molecule has 2 heterocycles. The van der Waals surface area contributed by atoms with Crippen molar-refractivity contribution in [1.29, 1.82) is 0 Å². The van der Waals surface area contributed by atoms with E-state index in [1.807, 2.05) is 25.1 Å². The number of carbonyl (C=O) groups excluding carboxylic acids is 1. The van der Waals surface area contributed by atoms with E-state index in [2.05, 4.69) is 4.72 Å². The third-order valence-corrected chi connectivity index (χ3v) is 6.08. The largest absolute Gasteiger partial charge is 0.381 e. The predicted octanol–water partition coefficient (Wildman–Crippen LogP) is 1.62. The summed E-state index contributed by atoms with van der Waals surface area (Å²) in [6.45, 7) is 2.87. The van der Waals surface area contributed by atoms with Gasteiger partial charge in [-0.05, 0) is 44.2 Å². The zero-order valence-electron chi connectivity index (χ0n) is 13.2. The molecule has 0 radical (unpaired) electrons. The topological polar surface area (TPSA) is 75.7 Å². The Morgan fingerprint density at radius 2 is 1.91 bits per heavy atom. The maximum Gasteiger partial charge on any atom is 0.326 e. The molecule has 0 saturated carbocycles. The summed E-state index contributed by atoms with van der Waals surface area (Å²) < 4.78 is 34.4. The van der Waals surface area contributed by atoms with Crippen LogP contribution in [0.25, 0.3) is 0 Å². The third kappa shape index (κ3) is 3.35. The Morgan fingerprint density at radius 3 is 2.65 bits per heavy atom. The molecule has 1 aromatic rings. The summed E-state index contributed by atoms with van der Waals surface area (Å²) >= 11 is 0. The van der Waals surface area contributed by atoms with Gasteiger partial charge < -0.3 is 4.74 Å². The average Bonchev–Trinajstić information content (AvgIpc) is 2.54. The first-order valence-electron chi connectivity index (χ1n) is 8.00. The van der Waals surface area contributed by atoms with E-state index in [-0.39, 0.29) is 12.0 Å². The highest BCUT2D eigenvalue weighted by Crippen LogP contribution is 2.32. The lowest BCUT2D eigenvalue weighted by Crippen LogP contribution is -2.51. The van der Waals surface area contributed by atoms with Crippen molar-refractivity contribution in [2.24, 2.45) is 5.92 Å². The van der Waals surface area contributed by atoms with Crippen LogP contribution in [0, 0.1) is 5.92 Å². The molecule has 0 bridgehead atoms. The van der Waals surface area contributed by atoms with Gasteiger partial charge in [-0.3, -0.25) is 9.10 Å². The molecule has 1 amide bonds. The number of fused-ring (bicyclic) bond motifs is 1. The normalized spacial score (nSPS) is 22.5. The van der Waals surface area contributed by atoms with Gasteiger partial charge in [0.05, 0.1) is 5.69 Å². The van der Waals surface area contributed by atoms with Crippen LogP contribution < -0.4 is 9.03 Å². The van der Waals surface area contributed by atoms with Crippen LogP contribution in [0.4, 0.5) is 5.69 Å². The Kier molecular flexibility index (Phi) is 4.59. The molecule has 1 N–H and O–H groups in total. The lowest BCUT2D eigenvalue weighted by Gasteiger charge is -2.36. The fourth-order valence-electron chi connectivity index (χ4n) is 3.24. The van der Waals surface area contributed by atoms with E-state index >= 15 is 0 Å². The lowest BCUT2D eigenvalue weighted by molar-refractivity contribution is -0.125. The van der Waals surface area contributed by atoms with Crippen molar-refractivity contribution in [2.45, 2.75) is 38.6 Å². The minimum atomic E-state index is -3.90. The molecule has 3 rings (SSSR count). The molecule has 1 saturated heterocycles. The number of carbonyl (C=O) groups is 1. The number of rotatable bonds is 3. The number of nitrogens with one attached hydrogen (secondary N) is 1. The highest BCUT2D eigenvalue weighted by Gasteiger charge is 2.35. The van der Waals surface area contributed by atoms with Crippen LogP contribution in [0.5, 0.6) is 0 Å². The fraction of sp³-hybridized carbons (Fsp3) is 0.562. The summed E-state index contributed by atoms with van der Waals surface area (Å²) in [4.78, 5) is 12.3. The van der Waals surface area contributed by atoms with E-state index in [9.17, 15) is 13.2 Å². The van der Waals surface area contributed by atoms with Gasteiger partial charge in [-0.2, -0.15) is 8.42 Å². The first-order chi connectivity index (χ1) is 11.0. The molecule has 1 atom stereocenters. The average molecular weight is 338 g/mol. The zero-order chi connectivity index (χ0) is 16.4. The second-order valence-corrected chi connectivity index (χ2v) is 7.72. The first kappa shape index (κ1) is 16.3. The number of aryl methyl sites for hydroxylation is 1. The maximum atomic E-state index is 12.8. The summed E-state index contributed by atoms with van der Waals surface area (Å²) in [6, 6.07) is 7.28. The van der Waals surface area contributed by atoms with Gasteiger partial charge in [0.1, 0.15) is 0 Å². The van der Waals surface area contributed by atoms with Crippen molar-refractivity contribution >= 4 is 21.8 Å². The maximum absolute atomic E-state index is 12.8. The minimum Gasteiger partial charge on any atom is -0.381 e. The summed E-state index contributed by atoms with van der Waals surface area (Å²) in [7, 11) is -3.90. The molecule has 126 valence electrons. The molecule has 6 nitrogen and oxygen atoms in total. The number of ether oxygens (including phenoxy) is 1. The summed E-state index contributed by atoms with van der Waals surface area (Å²) in [5.41, 5.74) is 1.66. The molecular formula is C16H22N2O4S. The van der Waals surface area contributed by atoms with E-state index in [0.29, 0.717) is 31.7 Å². The Labute approximate surface area is 137 Å². The van der Waals surface area contributed by atoms with Gasteiger partial charge in [-0.1, -0.05) is 18.2 Å². The molecule has 0 spiro atoms. The molecule has 2 aliphatic heterocycles. The first-order valence-corrected chi connectivity index (χ1v) is 9.45. The third-order valence-electron chi connectivity index (χ3n) is 4.54. The van der Waals surface area contributed by atoms with Crippen molar-refractivity contribution < 1.29 is 17.9 Å². The number of hydrogen-bond acceptors (Lipinski definition) is 4. The Hall–Kier alpha value is -1.60. The van der Waals surface area contributed by atoms with Gasteiger partial charge in [0, 0.05) is 25.2 Å². The molecule has 1 unspecified atom stereocenters. The SMILES string of the molecule is CC1CCc2ccccc2N1S(=O)(=O)NC(=O)C1CCOCC1. The van der Waals surface area contributed by atoms with Gasteiger partial charge in [0.2, 0.25) is 5.91 Å². The number of benzene rings is 1. The van der Waals surface area contributed by atoms with E-state index in [4.69, 9.17) is 4.74 Å². The Bertz CT molecular complexity index is 683. The highest BCUT2D eigenvalue weighted by molar-refractivity contribution is 7.91. The van der Waals surface area contributed by atoms with Crippen LogP contribution in [-0.2, 0) is 26.2 Å². The Balaban J connectivity index is 1.83. The van der Waals surface area contributed by atoms with Crippen molar-refractivity contribution in [1.82, 2.24) is 4.72 Å². The van der Waals surface area contributed by atoms with Gasteiger partial charge in [-0.15, -0.1) is 0 Å². The molecular weight excluding hydrogens is 316 g/mol. The van der Waals surface area contributed by atoms with E-state index in [1.54, 1.807) is 6.07 Å². The fourth-order valence-corrected chi connectivity index (χ4v) is 4.78. The van der Waals surface area contributed by atoms with Gasteiger partial charge in [-0.25, -0.2) is 4.72 Å². The summed E-state index contributed by atoms with van der Waals surface area (Å²) in [5.74, 6) is -0.725. The van der Waals surface area contributed by atoms with Crippen molar-refractivity contribution in [3.63, 3.8) is 0 Å². The second kappa shape index (κ2) is 6.49. The van der Waals surface area contributed by atoms with Gasteiger partial charge >= 0.3 is 10.2 Å². The van der Waals surface area contributed by atoms with Crippen molar-refractivity contribution in [2.75, 3.05) is 17.5 Å². The number of para-hydroxylation sites is 1. The number of anilines is 1. The van der Waals surface area contributed by atoms with Crippen LogP contribution in [0.3, 0.4) is 0 Å². The molecule has 1 fully saturated rings. The van der Waals surface area contributed by atoms with Gasteiger partial charge in [0.15, 0.2) is 0 Å². The van der Waals surface area contributed by atoms with Crippen LogP contribution in [0.2, 0.25) is 0 Å². The van der Waals surface area contributed by atoms with E-state index in [0.717, 1.165) is 18.4 Å². The molecule has 23 heavy (non-hydrogen) atoms. The van der Waals surface area contributed by atoms with Crippen LogP contribution >= 0.6 is 0 Å². The molecule has 0 aliphatic carbocycles. The van der Waals surface area contributed by atoms with E-state index < -0.39 is 16.1 Å². The molecule has 7 heteroatoms. The smallest absolute Gasteiger partial charge is 0.326 e. The quantitative estimate of drug-likeness (QED) is 0.908. The monoisotopic (exact) mass is 338 g/mol. The van der Waals surface area contributed by atoms with Crippen molar-refractivity contribution in [3.05, 3.63) is 29.8 Å². The lowest BCUT2D eigenvalue weighted by atomic mass is 9.99. The second-order valence-electron chi connectivity index (χ2n) is 6.17. The predicted molar refractivity (Wildman–Crippen MR) is 87.3 cm³/mol. The van der Waals surface area contributed by atoms with Gasteiger partial charge in [0.25, 0.3) is 0 Å².